The van der Waals surface area contributed by atoms with Crippen LogP contribution in [0.15, 0.2) is 0 Å². The fourth-order valence-electron chi connectivity index (χ4n) is 3.76. The van der Waals surface area contributed by atoms with E-state index in [1.165, 1.54) is 6.42 Å². The van der Waals surface area contributed by atoms with Crippen molar-refractivity contribution in [3.8, 4) is 0 Å². The molecule has 23 heavy (non-hydrogen) atoms. The Bertz CT molecular complexity index is 381. The molecule has 3 N–H and O–H groups in total. The van der Waals surface area contributed by atoms with Crippen molar-refractivity contribution in [2.75, 3.05) is 13.2 Å². The van der Waals surface area contributed by atoms with E-state index in [2.05, 4.69) is 10.1 Å². The van der Waals surface area contributed by atoms with E-state index in [1.54, 1.807) is 6.92 Å². The average molecular weight is 359 g/mol. The number of hydrogen-bond acceptors (Lipinski definition) is 3. The van der Waals surface area contributed by atoms with Crippen LogP contribution in [0, 0.1) is 17.8 Å². The number of ether oxygens (including phenoxy) is 1. The number of halogens is 4. The Labute approximate surface area is 141 Å². The quantitative estimate of drug-likeness (QED) is 0.794. The molecule has 2 aliphatic rings. The maximum absolute atomic E-state index is 12.3. The molecule has 1 amide bonds. The highest BCUT2D eigenvalue weighted by Crippen LogP contribution is 2.41. The van der Waals surface area contributed by atoms with Crippen LogP contribution in [0.25, 0.3) is 0 Å². The molecule has 0 aromatic carbocycles. The largest absolute Gasteiger partial charge is 0.411 e. The van der Waals surface area contributed by atoms with Gasteiger partial charge in [0.2, 0.25) is 5.91 Å². The van der Waals surface area contributed by atoms with E-state index in [0.29, 0.717) is 11.8 Å². The number of nitrogens with one attached hydrogen (secondary N) is 1. The average Bonchev–Trinajstić information content (AvgIpc) is 2.36. The molecule has 3 unspecified atom stereocenters. The summed E-state index contributed by atoms with van der Waals surface area (Å²) >= 11 is 0. The van der Waals surface area contributed by atoms with Crippen LogP contribution in [-0.4, -0.2) is 37.4 Å². The van der Waals surface area contributed by atoms with Crippen LogP contribution in [0.1, 0.15) is 39.0 Å². The molecule has 8 heteroatoms. The molecular weight excluding hydrogens is 333 g/mol. The molecule has 136 valence electrons. The zero-order valence-corrected chi connectivity index (χ0v) is 14.1. The number of alkyl halides is 3. The predicted molar refractivity (Wildman–Crippen MR) is 83.3 cm³/mol. The number of hydrogen-bond donors (Lipinski definition) is 2. The third kappa shape index (κ3) is 6.12. The summed E-state index contributed by atoms with van der Waals surface area (Å²) in [6, 6.07) is -0.226. The van der Waals surface area contributed by atoms with Gasteiger partial charge >= 0.3 is 6.18 Å². The summed E-state index contributed by atoms with van der Waals surface area (Å²) in [5.41, 5.74) is 6.20. The van der Waals surface area contributed by atoms with Crippen LogP contribution in [-0.2, 0) is 9.53 Å². The van der Waals surface area contributed by atoms with Gasteiger partial charge in [-0.3, -0.25) is 4.79 Å². The lowest BCUT2D eigenvalue weighted by Gasteiger charge is -2.43. The van der Waals surface area contributed by atoms with E-state index >= 15 is 0 Å². The van der Waals surface area contributed by atoms with Gasteiger partial charge in [-0.25, -0.2) is 0 Å². The number of amides is 1. The van der Waals surface area contributed by atoms with Crippen LogP contribution in [0.4, 0.5) is 13.2 Å². The fraction of sp³-hybridized carbons (Fsp3) is 0.933. The molecule has 2 rings (SSSR count). The zero-order chi connectivity index (χ0) is 16.3. The topological polar surface area (TPSA) is 64.3 Å². The summed E-state index contributed by atoms with van der Waals surface area (Å²) in [5.74, 6) is 0.659. The fourth-order valence-corrected chi connectivity index (χ4v) is 3.76. The molecule has 0 radical (unpaired) electrons. The second-order valence-electron chi connectivity index (χ2n) is 6.74. The van der Waals surface area contributed by atoms with Crippen LogP contribution < -0.4 is 11.1 Å². The maximum Gasteiger partial charge on any atom is 0.411 e. The Hall–Kier alpha value is -0.530. The predicted octanol–water partition coefficient (Wildman–Crippen LogP) is 2.65. The van der Waals surface area contributed by atoms with E-state index in [4.69, 9.17) is 5.73 Å². The molecular formula is C15H26ClF3N2O2. The van der Waals surface area contributed by atoms with Gasteiger partial charge in [0.1, 0.15) is 6.61 Å². The first-order chi connectivity index (χ1) is 10.3. The molecule has 2 aliphatic carbocycles. The first kappa shape index (κ1) is 20.5. The normalized spacial score (nSPS) is 31.9. The highest BCUT2D eigenvalue weighted by Gasteiger charge is 2.40. The van der Waals surface area contributed by atoms with Crippen LogP contribution in [0.3, 0.4) is 0 Å². The Balaban J connectivity index is 0.00000264. The minimum Gasteiger partial charge on any atom is -0.370 e. The maximum atomic E-state index is 12.3. The summed E-state index contributed by atoms with van der Waals surface area (Å²) in [6.45, 7) is 0.240. The molecule has 4 nitrogen and oxygen atoms in total. The van der Waals surface area contributed by atoms with Crippen molar-refractivity contribution in [3.63, 3.8) is 0 Å². The lowest BCUT2D eigenvalue weighted by atomic mass is 9.65. The van der Waals surface area contributed by atoms with E-state index in [1.807, 2.05) is 0 Å². The minimum absolute atomic E-state index is 0. The van der Waals surface area contributed by atoms with Gasteiger partial charge in [-0.1, -0.05) is 6.42 Å². The lowest BCUT2D eigenvalue weighted by Crippen LogP contribution is -2.50. The minimum atomic E-state index is -4.33. The van der Waals surface area contributed by atoms with Crippen LogP contribution in [0.2, 0.25) is 0 Å². The molecule has 3 atom stereocenters. The van der Waals surface area contributed by atoms with E-state index < -0.39 is 18.8 Å². The molecule has 0 saturated heterocycles. The Morgan fingerprint density at radius 2 is 1.87 bits per heavy atom. The Morgan fingerprint density at radius 1 is 1.30 bits per heavy atom. The second-order valence-corrected chi connectivity index (χ2v) is 6.74. The van der Waals surface area contributed by atoms with Crippen molar-refractivity contribution in [1.82, 2.24) is 5.32 Å². The van der Waals surface area contributed by atoms with Gasteiger partial charge in [0, 0.05) is 18.0 Å². The van der Waals surface area contributed by atoms with Crippen molar-refractivity contribution in [2.24, 2.45) is 23.5 Å². The van der Waals surface area contributed by atoms with Crippen molar-refractivity contribution in [1.29, 1.82) is 0 Å². The highest BCUT2D eigenvalue weighted by atomic mass is 35.5. The standard InChI is InChI=1S/C15H25F3N2O2.ClH/c1-9(7-22-8-15(16,17)18)20-14(21)12-5-10-3-2-4-11(6-12)13(10)19;/h9-13H,2-8,19H2,1H3,(H,20,21);1H. The van der Waals surface area contributed by atoms with Gasteiger partial charge in [0.15, 0.2) is 0 Å². The number of nitrogens with two attached hydrogens (primary N) is 1. The summed E-state index contributed by atoms with van der Waals surface area (Å²) in [7, 11) is 0. The molecule has 2 fully saturated rings. The number of fused-ring (bicyclic) bond motifs is 2. The highest BCUT2D eigenvalue weighted by molar-refractivity contribution is 5.85. The summed E-state index contributed by atoms with van der Waals surface area (Å²) in [6.07, 6.45) is 0.580. The molecule has 2 bridgehead atoms. The Kier molecular flexibility index (Phi) is 7.61. The monoisotopic (exact) mass is 358 g/mol. The zero-order valence-electron chi connectivity index (χ0n) is 13.3. The third-order valence-corrected chi connectivity index (χ3v) is 4.81. The molecule has 0 aromatic heterocycles. The lowest BCUT2D eigenvalue weighted by molar-refractivity contribution is -0.175. The molecule has 0 spiro atoms. The van der Waals surface area contributed by atoms with E-state index in [9.17, 15) is 18.0 Å². The summed E-state index contributed by atoms with van der Waals surface area (Å²) in [5, 5.41) is 2.77. The first-order valence-electron chi connectivity index (χ1n) is 7.96. The number of carbonyl (C=O) groups excluding carboxylic acids is 1. The van der Waals surface area contributed by atoms with Gasteiger partial charge in [-0.05, 0) is 44.4 Å². The first-order valence-corrected chi connectivity index (χ1v) is 7.96. The molecule has 0 heterocycles. The molecule has 0 aliphatic heterocycles. The van der Waals surface area contributed by atoms with Gasteiger partial charge in [-0.2, -0.15) is 13.2 Å². The summed E-state index contributed by atoms with van der Waals surface area (Å²) < 4.78 is 40.6. The van der Waals surface area contributed by atoms with Crippen molar-refractivity contribution in [3.05, 3.63) is 0 Å². The van der Waals surface area contributed by atoms with Gasteiger partial charge in [0.25, 0.3) is 0 Å². The third-order valence-electron chi connectivity index (χ3n) is 4.81. The van der Waals surface area contributed by atoms with Crippen LogP contribution >= 0.6 is 12.4 Å². The van der Waals surface area contributed by atoms with Gasteiger partial charge in [0.05, 0.1) is 6.61 Å². The summed E-state index contributed by atoms with van der Waals surface area (Å²) in [4.78, 5) is 12.3. The number of carbonyl (C=O) groups is 1. The SMILES string of the molecule is CC(COCC(F)(F)F)NC(=O)C1CC2CCCC(C1)C2N.Cl. The van der Waals surface area contributed by atoms with E-state index in [0.717, 1.165) is 25.7 Å². The smallest absolute Gasteiger partial charge is 0.370 e. The van der Waals surface area contributed by atoms with E-state index in [-0.39, 0.29) is 36.9 Å². The van der Waals surface area contributed by atoms with Crippen LogP contribution in [0.5, 0.6) is 0 Å². The Morgan fingerprint density at radius 3 is 2.39 bits per heavy atom. The van der Waals surface area contributed by atoms with Crippen molar-refractivity contribution in [2.45, 2.75) is 57.3 Å². The second kappa shape index (κ2) is 8.53. The van der Waals surface area contributed by atoms with Gasteiger partial charge in [-0.15, -0.1) is 12.4 Å². The van der Waals surface area contributed by atoms with Gasteiger partial charge < -0.3 is 15.8 Å². The molecule has 0 aromatic rings. The molecule has 2 saturated carbocycles. The van der Waals surface area contributed by atoms with Crippen molar-refractivity contribution < 1.29 is 22.7 Å². The number of rotatable bonds is 5. The van der Waals surface area contributed by atoms with Crippen molar-refractivity contribution >= 4 is 18.3 Å².